The van der Waals surface area contributed by atoms with Gasteiger partial charge in [-0.3, -0.25) is 20.8 Å². The Hall–Kier alpha value is -1.86. The first-order chi connectivity index (χ1) is 6.97. The Morgan fingerprint density at radius 1 is 1.53 bits per heavy atom. The molecule has 15 heavy (non-hydrogen) atoms. The molecular formula is C7H5ClN2O5. The van der Waals surface area contributed by atoms with Crippen molar-refractivity contribution in [2.75, 3.05) is 5.48 Å². The molecule has 1 aromatic rings. The lowest BCUT2D eigenvalue weighted by molar-refractivity contribution is -0.384. The molecule has 0 heterocycles. The van der Waals surface area contributed by atoms with Gasteiger partial charge in [0.2, 0.25) is 0 Å². The molecule has 0 atom stereocenters. The average Bonchev–Trinajstić information content (AvgIpc) is 2.16. The number of non-ortho nitro benzene ring substituents is 1. The average molecular weight is 233 g/mol. The van der Waals surface area contributed by atoms with E-state index in [0.717, 1.165) is 12.1 Å². The predicted octanol–water partition coefficient (Wildman–Crippen LogP) is 1.75. The number of aromatic carboxylic acids is 1. The van der Waals surface area contributed by atoms with Crippen molar-refractivity contribution in [2.45, 2.75) is 0 Å². The Labute approximate surface area is 88.0 Å². The third kappa shape index (κ3) is 2.14. The van der Waals surface area contributed by atoms with Crippen LogP contribution in [-0.2, 0) is 0 Å². The van der Waals surface area contributed by atoms with Gasteiger partial charge in [-0.25, -0.2) is 4.79 Å². The zero-order valence-corrected chi connectivity index (χ0v) is 7.85. The number of carbonyl (C=O) groups is 1. The van der Waals surface area contributed by atoms with E-state index in [1.807, 2.05) is 0 Å². The van der Waals surface area contributed by atoms with Crippen molar-refractivity contribution in [2.24, 2.45) is 0 Å². The van der Waals surface area contributed by atoms with Crippen LogP contribution in [0.5, 0.6) is 0 Å². The van der Waals surface area contributed by atoms with Gasteiger partial charge < -0.3 is 5.11 Å². The highest BCUT2D eigenvalue weighted by Gasteiger charge is 2.19. The second-order valence-electron chi connectivity index (χ2n) is 2.52. The third-order valence-corrected chi connectivity index (χ3v) is 1.93. The lowest BCUT2D eigenvalue weighted by Gasteiger charge is -2.05. The number of anilines is 1. The molecule has 0 saturated carbocycles. The molecule has 80 valence electrons. The van der Waals surface area contributed by atoms with E-state index in [1.165, 1.54) is 0 Å². The Kier molecular flexibility index (Phi) is 3.08. The summed E-state index contributed by atoms with van der Waals surface area (Å²) in [6.45, 7) is 0. The molecule has 7 nitrogen and oxygen atoms in total. The predicted molar refractivity (Wildman–Crippen MR) is 50.5 cm³/mol. The summed E-state index contributed by atoms with van der Waals surface area (Å²) in [6, 6.07) is 1.74. The van der Waals surface area contributed by atoms with Crippen LogP contribution in [0.3, 0.4) is 0 Å². The van der Waals surface area contributed by atoms with Crippen LogP contribution in [0.25, 0.3) is 0 Å². The maximum absolute atomic E-state index is 10.7. The summed E-state index contributed by atoms with van der Waals surface area (Å²) in [7, 11) is 0. The minimum absolute atomic E-state index is 0.246. The molecule has 0 saturated heterocycles. The lowest BCUT2D eigenvalue weighted by Crippen LogP contribution is -2.05. The van der Waals surface area contributed by atoms with E-state index in [-0.39, 0.29) is 10.7 Å². The Morgan fingerprint density at radius 3 is 2.53 bits per heavy atom. The Bertz CT molecular complexity index is 434. The molecule has 0 aliphatic heterocycles. The summed E-state index contributed by atoms with van der Waals surface area (Å²) < 4.78 is 0. The van der Waals surface area contributed by atoms with Crippen LogP contribution >= 0.6 is 11.6 Å². The molecule has 0 radical (unpaired) electrons. The topological polar surface area (TPSA) is 113 Å². The molecule has 1 rings (SSSR count). The van der Waals surface area contributed by atoms with Crippen molar-refractivity contribution in [3.8, 4) is 0 Å². The van der Waals surface area contributed by atoms with Gasteiger partial charge >= 0.3 is 5.97 Å². The summed E-state index contributed by atoms with van der Waals surface area (Å²) >= 11 is 5.53. The molecule has 0 amide bonds. The van der Waals surface area contributed by atoms with Gasteiger partial charge in [0.15, 0.2) is 0 Å². The van der Waals surface area contributed by atoms with Crippen LogP contribution in [0.1, 0.15) is 10.4 Å². The molecule has 0 bridgehead atoms. The smallest absolute Gasteiger partial charge is 0.338 e. The number of carboxylic acids is 1. The molecule has 3 N–H and O–H groups in total. The Balaban J connectivity index is 3.45. The minimum atomic E-state index is -1.43. The lowest BCUT2D eigenvalue weighted by atomic mass is 10.1. The van der Waals surface area contributed by atoms with Gasteiger partial charge in [-0.05, 0) is 0 Å². The largest absolute Gasteiger partial charge is 0.478 e. The first-order valence-electron chi connectivity index (χ1n) is 3.58. The van der Waals surface area contributed by atoms with E-state index in [1.54, 1.807) is 5.48 Å². The van der Waals surface area contributed by atoms with Crippen molar-refractivity contribution in [3.63, 3.8) is 0 Å². The second kappa shape index (κ2) is 4.11. The second-order valence-corrected chi connectivity index (χ2v) is 2.93. The minimum Gasteiger partial charge on any atom is -0.478 e. The number of nitrogens with zero attached hydrogens (tertiary/aromatic N) is 1. The first kappa shape index (κ1) is 11.2. The van der Waals surface area contributed by atoms with Crippen molar-refractivity contribution < 1.29 is 20.0 Å². The van der Waals surface area contributed by atoms with Gasteiger partial charge in [0.05, 0.1) is 21.2 Å². The highest BCUT2D eigenvalue weighted by atomic mass is 35.5. The third-order valence-electron chi connectivity index (χ3n) is 1.63. The number of nitro benzene ring substituents is 1. The molecule has 0 aliphatic rings. The molecule has 0 fully saturated rings. The van der Waals surface area contributed by atoms with Gasteiger partial charge in [-0.1, -0.05) is 11.6 Å². The van der Waals surface area contributed by atoms with Gasteiger partial charge in [0.1, 0.15) is 0 Å². The quantitative estimate of drug-likeness (QED) is 0.540. The molecule has 0 spiro atoms. The maximum atomic E-state index is 10.7. The van der Waals surface area contributed by atoms with Gasteiger partial charge in [0.25, 0.3) is 5.69 Å². The number of nitro groups is 1. The normalized spacial score (nSPS) is 9.73. The van der Waals surface area contributed by atoms with Gasteiger partial charge in [-0.15, -0.1) is 0 Å². The first-order valence-corrected chi connectivity index (χ1v) is 3.96. The molecule has 1 aromatic carbocycles. The van der Waals surface area contributed by atoms with E-state index >= 15 is 0 Å². The molecular weight excluding hydrogens is 228 g/mol. The van der Waals surface area contributed by atoms with E-state index in [2.05, 4.69) is 0 Å². The van der Waals surface area contributed by atoms with Crippen molar-refractivity contribution in [1.29, 1.82) is 0 Å². The van der Waals surface area contributed by atoms with E-state index < -0.39 is 22.1 Å². The maximum Gasteiger partial charge on any atom is 0.338 e. The number of halogens is 1. The van der Waals surface area contributed by atoms with E-state index in [9.17, 15) is 14.9 Å². The fourth-order valence-electron chi connectivity index (χ4n) is 0.980. The number of carboxylic acid groups (broad SMARTS) is 1. The standard InChI is InChI=1S/C7H5ClN2O5/c8-5-2-3(10(14)15)1-4(7(11)12)6(5)9-13/h1-2,9,13H,(H,11,12). The molecule has 0 aliphatic carbocycles. The highest BCUT2D eigenvalue weighted by Crippen LogP contribution is 2.30. The van der Waals surface area contributed by atoms with Gasteiger partial charge in [-0.2, -0.15) is 0 Å². The van der Waals surface area contributed by atoms with Crippen molar-refractivity contribution in [1.82, 2.24) is 0 Å². The highest BCUT2D eigenvalue weighted by molar-refractivity contribution is 6.34. The van der Waals surface area contributed by atoms with Crippen LogP contribution in [0, 0.1) is 10.1 Å². The summed E-state index contributed by atoms with van der Waals surface area (Å²) in [5.41, 5.74) is 0.356. The van der Waals surface area contributed by atoms with Crippen LogP contribution in [0.4, 0.5) is 11.4 Å². The number of hydrogen-bond acceptors (Lipinski definition) is 5. The van der Waals surface area contributed by atoms with Crippen LogP contribution in [-0.4, -0.2) is 21.2 Å². The fraction of sp³-hybridized carbons (Fsp3) is 0. The molecule has 8 heteroatoms. The summed E-state index contributed by atoms with van der Waals surface area (Å²) in [5, 5.41) is 27.5. The zero-order valence-electron chi connectivity index (χ0n) is 7.10. The number of benzene rings is 1. The fourth-order valence-corrected chi connectivity index (χ4v) is 1.24. The van der Waals surface area contributed by atoms with E-state index in [4.69, 9.17) is 21.9 Å². The van der Waals surface area contributed by atoms with Crippen LogP contribution in [0.2, 0.25) is 5.02 Å². The van der Waals surface area contributed by atoms with Crippen molar-refractivity contribution >= 4 is 28.9 Å². The van der Waals surface area contributed by atoms with Crippen molar-refractivity contribution in [3.05, 3.63) is 32.8 Å². The zero-order chi connectivity index (χ0) is 11.6. The number of hydrogen-bond donors (Lipinski definition) is 3. The Morgan fingerprint density at radius 2 is 2.13 bits per heavy atom. The summed E-state index contributed by atoms with van der Waals surface area (Å²) in [5.74, 6) is -1.43. The number of nitrogens with one attached hydrogen (secondary N) is 1. The van der Waals surface area contributed by atoms with Crippen LogP contribution in [0.15, 0.2) is 12.1 Å². The SMILES string of the molecule is O=C(O)c1cc([N+](=O)[O-])cc(Cl)c1NO. The molecule has 0 unspecified atom stereocenters. The number of rotatable bonds is 3. The van der Waals surface area contributed by atoms with Crippen LogP contribution < -0.4 is 5.48 Å². The monoisotopic (exact) mass is 232 g/mol. The van der Waals surface area contributed by atoms with E-state index in [0.29, 0.717) is 0 Å². The van der Waals surface area contributed by atoms with Gasteiger partial charge in [0, 0.05) is 12.1 Å². The molecule has 0 aromatic heterocycles. The summed E-state index contributed by atoms with van der Waals surface area (Å²) in [4.78, 5) is 20.3. The summed E-state index contributed by atoms with van der Waals surface area (Å²) in [6.07, 6.45) is 0.